The molecule has 112 valence electrons. The zero-order valence-electron chi connectivity index (χ0n) is 12.4. The second-order valence-electron chi connectivity index (χ2n) is 6.35. The quantitative estimate of drug-likeness (QED) is 0.812. The fourth-order valence-corrected chi connectivity index (χ4v) is 3.14. The summed E-state index contributed by atoms with van der Waals surface area (Å²) in [5.74, 6) is 0.576. The summed E-state index contributed by atoms with van der Waals surface area (Å²) >= 11 is 0. The lowest BCUT2D eigenvalue weighted by Gasteiger charge is -2.38. The van der Waals surface area contributed by atoms with Gasteiger partial charge >= 0.3 is 0 Å². The molecule has 1 aromatic carbocycles. The van der Waals surface area contributed by atoms with Crippen molar-refractivity contribution >= 4 is 16.8 Å². The number of aromatic nitrogens is 1. The van der Waals surface area contributed by atoms with Gasteiger partial charge in [-0.2, -0.15) is 0 Å². The Kier molecular flexibility index (Phi) is 3.72. The molecule has 2 aromatic rings. The number of aromatic amines is 1. The minimum atomic E-state index is -0.450. The fraction of sp³-hybridized carbons (Fsp3) is 0.471. The lowest BCUT2D eigenvalue weighted by Crippen LogP contribution is -2.53. The third kappa shape index (κ3) is 2.81. The number of amides is 1. The van der Waals surface area contributed by atoms with E-state index >= 15 is 0 Å². The van der Waals surface area contributed by atoms with Crippen LogP contribution in [0.1, 0.15) is 43.0 Å². The molecule has 1 aliphatic rings. The molecule has 0 saturated heterocycles. The van der Waals surface area contributed by atoms with E-state index in [1.54, 1.807) is 0 Å². The number of aliphatic hydroxyl groups is 1. The van der Waals surface area contributed by atoms with E-state index in [0.29, 0.717) is 11.5 Å². The minimum absolute atomic E-state index is 0.0101. The van der Waals surface area contributed by atoms with Crippen LogP contribution in [-0.2, 0) is 0 Å². The number of aliphatic hydroxyl groups excluding tert-OH is 1. The van der Waals surface area contributed by atoms with Crippen LogP contribution in [0, 0.1) is 5.92 Å². The molecule has 0 bridgehead atoms. The second-order valence-corrected chi connectivity index (χ2v) is 6.35. The van der Waals surface area contributed by atoms with Crippen LogP contribution in [0.2, 0.25) is 0 Å². The van der Waals surface area contributed by atoms with Crippen LogP contribution in [0.4, 0.5) is 0 Å². The summed E-state index contributed by atoms with van der Waals surface area (Å²) in [6.45, 7) is 2.23. The predicted molar refractivity (Wildman–Crippen MR) is 83.2 cm³/mol. The van der Waals surface area contributed by atoms with Gasteiger partial charge in [-0.1, -0.05) is 13.0 Å². The van der Waals surface area contributed by atoms with Crippen molar-refractivity contribution in [2.24, 2.45) is 5.92 Å². The first-order valence-corrected chi connectivity index (χ1v) is 7.62. The molecule has 1 amide bonds. The highest BCUT2D eigenvalue weighted by Gasteiger charge is 2.35. The number of hydrogen-bond donors (Lipinski definition) is 3. The molecule has 1 aliphatic carbocycles. The Morgan fingerprint density at radius 3 is 2.86 bits per heavy atom. The Hall–Kier alpha value is -1.81. The number of benzene rings is 1. The maximum atomic E-state index is 12.5. The number of fused-ring (bicyclic) bond motifs is 1. The molecule has 0 unspecified atom stereocenters. The molecular formula is C17H22N2O2. The highest BCUT2D eigenvalue weighted by Crippen LogP contribution is 2.32. The highest BCUT2D eigenvalue weighted by molar-refractivity contribution is 5.98. The second kappa shape index (κ2) is 5.53. The smallest absolute Gasteiger partial charge is 0.251 e. The molecule has 0 atom stereocenters. The Balaban J connectivity index is 1.77. The number of H-pyrrole nitrogens is 1. The van der Waals surface area contributed by atoms with Crippen LogP contribution in [-0.4, -0.2) is 28.1 Å². The van der Waals surface area contributed by atoms with Crippen molar-refractivity contribution in [1.29, 1.82) is 0 Å². The standard InChI is InChI=1S/C17H22N2O2/c1-12-4-7-17(11-20,8-5-12)19-16(21)14-3-2-13-6-9-18-15(13)10-14/h2-3,6,9-10,12,18,20H,4-5,7-8,11H2,1H3,(H,19,21). The van der Waals surface area contributed by atoms with E-state index in [-0.39, 0.29) is 12.5 Å². The first kappa shape index (κ1) is 14.1. The minimum Gasteiger partial charge on any atom is -0.394 e. The maximum Gasteiger partial charge on any atom is 0.251 e. The summed E-state index contributed by atoms with van der Waals surface area (Å²) < 4.78 is 0. The Morgan fingerprint density at radius 1 is 1.38 bits per heavy atom. The van der Waals surface area contributed by atoms with Gasteiger partial charge in [0.05, 0.1) is 12.1 Å². The van der Waals surface area contributed by atoms with E-state index in [9.17, 15) is 9.90 Å². The molecule has 4 nitrogen and oxygen atoms in total. The molecular weight excluding hydrogens is 264 g/mol. The molecule has 4 heteroatoms. The Bertz CT molecular complexity index is 639. The maximum absolute atomic E-state index is 12.5. The van der Waals surface area contributed by atoms with Crippen molar-refractivity contribution in [3.63, 3.8) is 0 Å². The molecule has 1 aromatic heterocycles. The number of rotatable bonds is 3. The first-order valence-electron chi connectivity index (χ1n) is 7.62. The first-order chi connectivity index (χ1) is 10.1. The summed E-state index contributed by atoms with van der Waals surface area (Å²) in [6.07, 6.45) is 5.67. The Labute approximate surface area is 124 Å². The van der Waals surface area contributed by atoms with Crippen LogP contribution < -0.4 is 5.32 Å². The van der Waals surface area contributed by atoms with E-state index in [4.69, 9.17) is 0 Å². The van der Waals surface area contributed by atoms with Crippen molar-refractivity contribution < 1.29 is 9.90 Å². The van der Waals surface area contributed by atoms with Gasteiger partial charge in [0.25, 0.3) is 5.91 Å². The fourth-order valence-electron chi connectivity index (χ4n) is 3.14. The van der Waals surface area contributed by atoms with Gasteiger partial charge in [-0.05, 0) is 55.2 Å². The Morgan fingerprint density at radius 2 is 2.14 bits per heavy atom. The van der Waals surface area contributed by atoms with E-state index in [2.05, 4.69) is 17.2 Å². The summed E-state index contributed by atoms with van der Waals surface area (Å²) in [4.78, 5) is 15.6. The molecule has 3 rings (SSSR count). The average Bonchev–Trinajstić information content (AvgIpc) is 2.97. The molecule has 0 aliphatic heterocycles. The number of hydrogen-bond acceptors (Lipinski definition) is 2. The van der Waals surface area contributed by atoms with E-state index < -0.39 is 5.54 Å². The van der Waals surface area contributed by atoms with Crippen LogP contribution >= 0.6 is 0 Å². The topological polar surface area (TPSA) is 65.1 Å². The third-order valence-electron chi connectivity index (χ3n) is 4.73. The van der Waals surface area contributed by atoms with Crippen LogP contribution in [0.5, 0.6) is 0 Å². The predicted octanol–water partition coefficient (Wildman–Crippen LogP) is 2.84. The molecule has 21 heavy (non-hydrogen) atoms. The molecule has 1 fully saturated rings. The van der Waals surface area contributed by atoms with Gasteiger partial charge in [0.1, 0.15) is 0 Å². The number of carbonyl (C=O) groups excluding carboxylic acids is 1. The van der Waals surface area contributed by atoms with Gasteiger partial charge in [0, 0.05) is 17.3 Å². The van der Waals surface area contributed by atoms with Crippen molar-refractivity contribution in [3.8, 4) is 0 Å². The van der Waals surface area contributed by atoms with Gasteiger partial charge < -0.3 is 15.4 Å². The van der Waals surface area contributed by atoms with Crippen LogP contribution in [0.3, 0.4) is 0 Å². The zero-order valence-corrected chi connectivity index (χ0v) is 12.4. The largest absolute Gasteiger partial charge is 0.394 e. The zero-order chi connectivity index (χ0) is 14.9. The lowest BCUT2D eigenvalue weighted by atomic mass is 9.77. The van der Waals surface area contributed by atoms with Crippen molar-refractivity contribution in [1.82, 2.24) is 10.3 Å². The van der Waals surface area contributed by atoms with Gasteiger partial charge in [-0.3, -0.25) is 4.79 Å². The number of nitrogens with one attached hydrogen (secondary N) is 2. The van der Waals surface area contributed by atoms with Crippen molar-refractivity contribution in [2.45, 2.75) is 38.1 Å². The van der Waals surface area contributed by atoms with E-state index in [0.717, 1.165) is 36.6 Å². The molecule has 1 saturated carbocycles. The monoisotopic (exact) mass is 286 g/mol. The normalized spacial score (nSPS) is 25.9. The van der Waals surface area contributed by atoms with Gasteiger partial charge in [0.15, 0.2) is 0 Å². The highest BCUT2D eigenvalue weighted by atomic mass is 16.3. The molecule has 3 N–H and O–H groups in total. The summed E-state index contributed by atoms with van der Waals surface area (Å²) in [5.41, 5.74) is 1.14. The van der Waals surface area contributed by atoms with Gasteiger partial charge in [-0.15, -0.1) is 0 Å². The molecule has 0 spiro atoms. The molecule has 1 heterocycles. The third-order valence-corrected chi connectivity index (χ3v) is 4.73. The summed E-state index contributed by atoms with van der Waals surface area (Å²) in [7, 11) is 0. The van der Waals surface area contributed by atoms with Gasteiger partial charge in [0.2, 0.25) is 0 Å². The van der Waals surface area contributed by atoms with Crippen molar-refractivity contribution in [3.05, 3.63) is 36.0 Å². The van der Waals surface area contributed by atoms with Crippen molar-refractivity contribution in [2.75, 3.05) is 6.61 Å². The van der Waals surface area contributed by atoms with Crippen LogP contribution in [0.15, 0.2) is 30.5 Å². The SMILES string of the molecule is CC1CCC(CO)(NC(=O)c2ccc3cc[nH]c3c2)CC1. The summed E-state index contributed by atoms with van der Waals surface area (Å²) in [6, 6.07) is 7.62. The number of carbonyl (C=O) groups is 1. The van der Waals surface area contributed by atoms with Gasteiger partial charge in [-0.25, -0.2) is 0 Å². The lowest BCUT2D eigenvalue weighted by molar-refractivity contribution is 0.0717. The van der Waals surface area contributed by atoms with E-state index in [1.165, 1.54) is 0 Å². The molecule has 0 radical (unpaired) electrons. The van der Waals surface area contributed by atoms with E-state index in [1.807, 2.05) is 30.5 Å². The van der Waals surface area contributed by atoms with Crippen LogP contribution in [0.25, 0.3) is 10.9 Å². The average molecular weight is 286 g/mol. The summed E-state index contributed by atoms with van der Waals surface area (Å²) in [5, 5.41) is 13.9.